The summed E-state index contributed by atoms with van der Waals surface area (Å²) in [5, 5.41) is 16.6. The summed E-state index contributed by atoms with van der Waals surface area (Å²) in [6.07, 6.45) is 1.61. The molecule has 0 amide bonds. The quantitative estimate of drug-likeness (QED) is 0.447. The van der Waals surface area contributed by atoms with E-state index in [9.17, 15) is 8.42 Å². The minimum absolute atomic E-state index is 0.218. The second-order valence-electron chi connectivity index (χ2n) is 7.41. The van der Waals surface area contributed by atoms with Crippen LogP contribution in [0.3, 0.4) is 0 Å². The van der Waals surface area contributed by atoms with E-state index < -0.39 is 15.1 Å². The van der Waals surface area contributed by atoms with E-state index in [1.807, 2.05) is 0 Å². The fourth-order valence-corrected chi connectivity index (χ4v) is 4.06. The molecule has 2 aromatic carbocycles. The topological polar surface area (TPSA) is 123 Å². The van der Waals surface area contributed by atoms with Crippen LogP contribution in [0.2, 0.25) is 0 Å². The molecule has 2 heterocycles. The number of hydrogen-bond donors (Lipinski definition) is 0. The molecule has 0 aliphatic rings. The molecule has 0 saturated carbocycles. The molecule has 4 aromatic rings. The van der Waals surface area contributed by atoms with E-state index >= 15 is 0 Å². The summed E-state index contributed by atoms with van der Waals surface area (Å²) in [6, 6.07) is 15.4. The standard InChI is InChI=1S/C23H19N5O3S/c1-14(2)32(29,30)19-10-8-17(9-11-19)20-13-25-15(3)21(26-20)23-28-27-22(31-23)18-6-4-16(12-24)5-7-18/h4-11,13-14H,1-3H3. The molecule has 0 N–H and O–H groups in total. The number of hydrogen-bond acceptors (Lipinski definition) is 8. The molecule has 0 radical (unpaired) electrons. The summed E-state index contributed by atoms with van der Waals surface area (Å²) in [7, 11) is -3.35. The van der Waals surface area contributed by atoms with Gasteiger partial charge in [-0.2, -0.15) is 5.26 Å². The van der Waals surface area contributed by atoms with Crippen molar-refractivity contribution in [3.63, 3.8) is 0 Å². The first-order chi connectivity index (χ1) is 15.3. The van der Waals surface area contributed by atoms with Crippen LogP contribution in [0.25, 0.3) is 34.3 Å². The zero-order valence-corrected chi connectivity index (χ0v) is 18.5. The van der Waals surface area contributed by atoms with E-state index in [1.165, 1.54) is 0 Å². The van der Waals surface area contributed by atoms with Gasteiger partial charge in [-0.15, -0.1) is 10.2 Å². The van der Waals surface area contributed by atoms with Gasteiger partial charge in [-0.3, -0.25) is 4.98 Å². The first-order valence-electron chi connectivity index (χ1n) is 9.82. The van der Waals surface area contributed by atoms with E-state index in [-0.39, 0.29) is 10.8 Å². The molecule has 8 nitrogen and oxygen atoms in total. The number of nitrogens with zero attached hydrogens (tertiary/aromatic N) is 5. The third-order valence-electron chi connectivity index (χ3n) is 4.94. The Bertz CT molecular complexity index is 1420. The molecular formula is C23H19N5O3S. The highest BCUT2D eigenvalue weighted by molar-refractivity contribution is 7.92. The Morgan fingerprint density at radius 3 is 2.19 bits per heavy atom. The second kappa shape index (κ2) is 8.32. The van der Waals surface area contributed by atoms with Crippen LogP contribution in [0, 0.1) is 18.3 Å². The Kier molecular flexibility index (Phi) is 5.55. The van der Waals surface area contributed by atoms with Crippen LogP contribution in [0.4, 0.5) is 0 Å². The highest BCUT2D eigenvalue weighted by atomic mass is 32.2. The van der Waals surface area contributed by atoms with Gasteiger partial charge >= 0.3 is 0 Å². The molecule has 160 valence electrons. The number of aryl methyl sites for hydroxylation is 1. The first kappa shape index (κ1) is 21.3. The van der Waals surface area contributed by atoms with Crippen molar-refractivity contribution in [1.29, 1.82) is 5.26 Å². The summed E-state index contributed by atoms with van der Waals surface area (Å²) >= 11 is 0. The molecule has 32 heavy (non-hydrogen) atoms. The minimum Gasteiger partial charge on any atom is -0.415 e. The van der Waals surface area contributed by atoms with Gasteiger partial charge in [-0.05, 0) is 57.2 Å². The predicted octanol–water partition coefficient (Wildman–Crippen LogP) is 4.22. The number of sulfone groups is 1. The zero-order valence-electron chi connectivity index (χ0n) is 17.6. The van der Waals surface area contributed by atoms with Gasteiger partial charge < -0.3 is 4.42 Å². The average Bonchev–Trinajstić information content (AvgIpc) is 3.29. The summed E-state index contributed by atoms with van der Waals surface area (Å²) < 4.78 is 30.5. The Morgan fingerprint density at radius 2 is 1.56 bits per heavy atom. The third-order valence-corrected chi connectivity index (χ3v) is 7.11. The lowest BCUT2D eigenvalue weighted by molar-refractivity contribution is 0.581. The maximum Gasteiger partial charge on any atom is 0.268 e. The van der Waals surface area contributed by atoms with E-state index in [2.05, 4.69) is 26.2 Å². The van der Waals surface area contributed by atoms with Crippen LogP contribution in [0.15, 0.2) is 64.0 Å². The number of rotatable bonds is 5. The Hall–Kier alpha value is -3.90. The molecule has 0 fully saturated rings. The fourth-order valence-electron chi connectivity index (χ4n) is 3.00. The molecule has 0 bridgehead atoms. The Labute approximate surface area is 185 Å². The minimum atomic E-state index is -3.35. The number of aromatic nitrogens is 4. The average molecular weight is 446 g/mol. The van der Waals surface area contributed by atoms with Crippen LogP contribution >= 0.6 is 0 Å². The first-order valence-corrected chi connectivity index (χ1v) is 11.4. The highest BCUT2D eigenvalue weighted by Crippen LogP contribution is 2.27. The van der Waals surface area contributed by atoms with Gasteiger partial charge in [0, 0.05) is 11.1 Å². The van der Waals surface area contributed by atoms with Gasteiger partial charge in [0.1, 0.15) is 5.69 Å². The lowest BCUT2D eigenvalue weighted by atomic mass is 10.1. The molecule has 0 atom stereocenters. The molecule has 0 spiro atoms. The van der Waals surface area contributed by atoms with Gasteiger partial charge in [-0.1, -0.05) is 12.1 Å². The Morgan fingerprint density at radius 1 is 0.938 bits per heavy atom. The van der Waals surface area contributed by atoms with Gasteiger partial charge in [0.25, 0.3) is 5.89 Å². The van der Waals surface area contributed by atoms with Gasteiger partial charge in [0.15, 0.2) is 9.84 Å². The highest BCUT2D eigenvalue weighted by Gasteiger charge is 2.20. The van der Waals surface area contributed by atoms with Crippen molar-refractivity contribution in [3.8, 4) is 40.4 Å². The molecule has 2 aromatic heterocycles. The van der Waals surface area contributed by atoms with E-state index in [1.54, 1.807) is 75.5 Å². The smallest absolute Gasteiger partial charge is 0.268 e. The summed E-state index contributed by atoms with van der Waals surface area (Å²) in [4.78, 5) is 9.28. The van der Waals surface area contributed by atoms with E-state index in [0.29, 0.717) is 39.7 Å². The maximum absolute atomic E-state index is 12.3. The van der Waals surface area contributed by atoms with Crippen LogP contribution in [0.5, 0.6) is 0 Å². The summed E-state index contributed by atoms with van der Waals surface area (Å²) in [5.41, 5.74) is 3.55. The van der Waals surface area contributed by atoms with Crippen molar-refractivity contribution < 1.29 is 12.8 Å². The van der Waals surface area contributed by atoms with Crippen molar-refractivity contribution >= 4 is 9.84 Å². The van der Waals surface area contributed by atoms with Gasteiger partial charge in [0.05, 0.1) is 39.4 Å². The van der Waals surface area contributed by atoms with Crippen LogP contribution in [-0.2, 0) is 9.84 Å². The SMILES string of the molecule is Cc1ncc(-c2ccc(S(=O)(=O)C(C)C)cc2)nc1-c1nnc(-c2ccc(C#N)cc2)o1. The molecule has 4 rings (SSSR count). The van der Waals surface area contributed by atoms with Crippen molar-refractivity contribution in [2.45, 2.75) is 30.9 Å². The van der Waals surface area contributed by atoms with E-state index in [4.69, 9.17) is 9.68 Å². The van der Waals surface area contributed by atoms with Crippen molar-refractivity contribution in [2.24, 2.45) is 0 Å². The van der Waals surface area contributed by atoms with Gasteiger partial charge in [0.2, 0.25) is 5.89 Å². The van der Waals surface area contributed by atoms with Crippen molar-refractivity contribution in [3.05, 3.63) is 66.0 Å². The fraction of sp³-hybridized carbons (Fsp3) is 0.174. The van der Waals surface area contributed by atoms with E-state index in [0.717, 1.165) is 0 Å². The largest absolute Gasteiger partial charge is 0.415 e. The van der Waals surface area contributed by atoms with Gasteiger partial charge in [-0.25, -0.2) is 13.4 Å². The third kappa shape index (κ3) is 4.00. The van der Waals surface area contributed by atoms with Crippen LogP contribution in [-0.4, -0.2) is 33.8 Å². The van der Waals surface area contributed by atoms with Crippen LogP contribution < -0.4 is 0 Å². The predicted molar refractivity (Wildman–Crippen MR) is 118 cm³/mol. The maximum atomic E-state index is 12.3. The molecule has 0 unspecified atom stereocenters. The van der Waals surface area contributed by atoms with Crippen molar-refractivity contribution in [1.82, 2.24) is 20.2 Å². The molecule has 0 saturated heterocycles. The van der Waals surface area contributed by atoms with Crippen LogP contribution in [0.1, 0.15) is 25.1 Å². The molecular weight excluding hydrogens is 426 g/mol. The summed E-state index contributed by atoms with van der Waals surface area (Å²) in [5.74, 6) is 0.523. The second-order valence-corrected chi connectivity index (χ2v) is 9.91. The molecule has 9 heteroatoms. The lowest BCUT2D eigenvalue weighted by Crippen LogP contribution is -2.13. The monoisotopic (exact) mass is 445 g/mol. The molecule has 0 aliphatic heterocycles. The zero-order chi connectivity index (χ0) is 22.9. The Balaban J connectivity index is 1.67. The number of nitriles is 1. The molecule has 0 aliphatic carbocycles. The van der Waals surface area contributed by atoms with Crippen molar-refractivity contribution in [2.75, 3.05) is 0 Å². The lowest BCUT2D eigenvalue weighted by Gasteiger charge is -2.09. The summed E-state index contributed by atoms with van der Waals surface area (Å²) in [6.45, 7) is 5.09. The number of benzene rings is 2. The normalized spacial score (nSPS) is 11.5.